The molecular weight excluding hydrogens is 460 g/mol. The highest BCUT2D eigenvalue weighted by Crippen LogP contribution is 2.22. The number of anilines is 1. The second-order valence-corrected chi connectivity index (χ2v) is 9.14. The molecule has 10 heteroatoms. The van der Waals surface area contributed by atoms with E-state index in [1.165, 1.54) is 10.4 Å². The molecule has 0 radical (unpaired) electrons. The van der Waals surface area contributed by atoms with Crippen molar-refractivity contribution in [2.24, 2.45) is 0 Å². The summed E-state index contributed by atoms with van der Waals surface area (Å²) in [7, 11) is -3.59. The highest BCUT2D eigenvalue weighted by atomic mass is 79.9. The summed E-state index contributed by atoms with van der Waals surface area (Å²) in [5.41, 5.74) is 0.0746. The summed E-state index contributed by atoms with van der Waals surface area (Å²) >= 11 is 8.55. The molecule has 0 saturated carbocycles. The van der Waals surface area contributed by atoms with Gasteiger partial charge in [0.15, 0.2) is 5.11 Å². The van der Waals surface area contributed by atoms with Crippen LogP contribution in [0, 0.1) is 11.6 Å². The Labute approximate surface area is 170 Å². The quantitative estimate of drug-likeness (QED) is 0.689. The average Bonchev–Trinajstić information content (AvgIpc) is 2.64. The molecule has 0 aliphatic carbocycles. The van der Waals surface area contributed by atoms with Gasteiger partial charge in [0.1, 0.15) is 11.6 Å². The van der Waals surface area contributed by atoms with Crippen LogP contribution >= 0.6 is 28.1 Å². The predicted molar refractivity (Wildman–Crippen MR) is 107 cm³/mol. The van der Waals surface area contributed by atoms with E-state index in [1.807, 2.05) is 0 Å². The molecule has 0 unspecified atom stereocenters. The summed E-state index contributed by atoms with van der Waals surface area (Å²) in [5.74, 6) is -1.41. The van der Waals surface area contributed by atoms with E-state index in [0.29, 0.717) is 17.6 Å². The number of hydrogen-bond acceptors (Lipinski definition) is 3. The van der Waals surface area contributed by atoms with Crippen molar-refractivity contribution in [3.8, 4) is 0 Å². The lowest BCUT2D eigenvalue weighted by Crippen LogP contribution is -2.51. The number of hydrogen-bond donors (Lipinski definition) is 1. The second-order valence-electron chi connectivity index (χ2n) is 5.90. The number of piperazine rings is 1. The molecule has 1 N–H and O–H groups in total. The van der Waals surface area contributed by atoms with Crippen LogP contribution in [0.4, 0.5) is 14.5 Å². The van der Waals surface area contributed by atoms with Gasteiger partial charge in [0, 0.05) is 36.7 Å². The smallest absolute Gasteiger partial charge is 0.243 e. The van der Waals surface area contributed by atoms with E-state index in [4.69, 9.17) is 12.2 Å². The van der Waals surface area contributed by atoms with Gasteiger partial charge in [-0.15, -0.1) is 0 Å². The molecule has 1 fully saturated rings. The summed E-state index contributed by atoms with van der Waals surface area (Å²) in [6.07, 6.45) is 0. The minimum absolute atomic E-state index is 0.0746. The van der Waals surface area contributed by atoms with Crippen molar-refractivity contribution < 1.29 is 17.2 Å². The minimum Gasteiger partial charge on any atom is -0.346 e. The third-order valence-corrected chi connectivity index (χ3v) is 6.88. The van der Waals surface area contributed by atoms with Crippen molar-refractivity contribution in [3.05, 3.63) is 58.6 Å². The predicted octanol–water partition coefficient (Wildman–Crippen LogP) is 3.43. The van der Waals surface area contributed by atoms with Crippen molar-refractivity contribution in [2.45, 2.75) is 4.90 Å². The zero-order chi connectivity index (χ0) is 19.6. The average molecular weight is 476 g/mol. The zero-order valence-corrected chi connectivity index (χ0v) is 17.3. The SMILES string of the molecule is O=S(=O)(c1cccc(Br)c1)N1CCN(C(=S)Nc2ccc(F)cc2F)CC1. The summed E-state index contributed by atoms with van der Waals surface area (Å²) in [5, 5.41) is 3.01. The Bertz CT molecular complexity index is 964. The summed E-state index contributed by atoms with van der Waals surface area (Å²) in [6.45, 7) is 1.23. The Kier molecular flexibility index (Phi) is 6.09. The number of nitrogens with zero attached hydrogens (tertiary/aromatic N) is 2. The largest absolute Gasteiger partial charge is 0.346 e. The molecule has 3 rings (SSSR count). The molecule has 1 saturated heterocycles. The minimum atomic E-state index is -3.59. The number of benzene rings is 2. The third kappa shape index (κ3) is 4.63. The molecule has 0 aromatic heterocycles. The van der Waals surface area contributed by atoms with Gasteiger partial charge >= 0.3 is 0 Å². The fourth-order valence-corrected chi connectivity index (χ4v) is 5.01. The molecule has 1 aliphatic heterocycles. The Hall–Kier alpha value is -1.62. The summed E-state index contributed by atoms with van der Waals surface area (Å²) < 4.78 is 54.3. The fourth-order valence-electron chi connectivity index (χ4n) is 2.69. The summed E-state index contributed by atoms with van der Waals surface area (Å²) in [6, 6.07) is 9.72. The zero-order valence-electron chi connectivity index (χ0n) is 14.0. The van der Waals surface area contributed by atoms with Crippen LogP contribution in [0.5, 0.6) is 0 Å². The molecule has 0 bridgehead atoms. The van der Waals surface area contributed by atoms with Crippen LogP contribution in [-0.4, -0.2) is 48.9 Å². The van der Waals surface area contributed by atoms with Gasteiger partial charge in [0.05, 0.1) is 10.6 Å². The Balaban J connectivity index is 1.63. The Morgan fingerprint density at radius 1 is 1.07 bits per heavy atom. The van der Waals surface area contributed by atoms with Gasteiger partial charge in [-0.05, 0) is 42.5 Å². The first kappa shape index (κ1) is 20.1. The van der Waals surface area contributed by atoms with E-state index in [9.17, 15) is 17.2 Å². The molecule has 0 atom stereocenters. The first-order chi connectivity index (χ1) is 12.8. The molecule has 0 spiro atoms. The van der Waals surface area contributed by atoms with Crippen LogP contribution in [0.2, 0.25) is 0 Å². The molecule has 5 nitrogen and oxygen atoms in total. The van der Waals surface area contributed by atoms with Gasteiger partial charge in [0.2, 0.25) is 10.0 Å². The molecule has 0 amide bonds. The van der Waals surface area contributed by atoms with Gasteiger partial charge in [-0.3, -0.25) is 0 Å². The van der Waals surface area contributed by atoms with Gasteiger partial charge < -0.3 is 10.2 Å². The van der Waals surface area contributed by atoms with E-state index >= 15 is 0 Å². The Morgan fingerprint density at radius 3 is 2.41 bits per heavy atom. The lowest BCUT2D eigenvalue weighted by molar-refractivity contribution is 0.268. The van der Waals surface area contributed by atoms with Crippen molar-refractivity contribution in [1.29, 1.82) is 0 Å². The third-order valence-electron chi connectivity index (χ3n) is 4.13. The van der Waals surface area contributed by atoms with E-state index in [1.54, 1.807) is 29.2 Å². The Morgan fingerprint density at radius 2 is 1.78 bits per heavy atom. The normalized spacial score (nSPS) is 15.6. The van der Waals surface area contributed by atoms with Crippen LogP contribution in [-0.2, 0) is 10.0 Å². The highest BCUT2D eigenvalue weighted by Gasteiger charge is 2.29. The summed E-state index contributed by atoms with van der Waals surface area (Å²) in [4.78, 5) is 1.98. The van der Waals surface area contributed by atoms with E-state index in [0.717, 1.165) is 12.1 Å². The maximum atomic E-state index is 13.7. The maximum Gasteiger partial charge on any atom is 0.243 e. The topological polar surface area (TPSA) is 52.7 Å². The van der Waals surface area contributed by atoms with E-state index < -0.39 is 21.7 Å². The van der Waals surface area contributed by atoms with E-state index in [-0.39, 0.29) is 28.8 Å². The first-order valence-electron chi connectivity index (χ1n) is 8.04. The van der Waals surface area contributed by atoms with Gasteiger partial charge in [-0.2, -0.15) is 4.31 Å². The molecular formula is C17H16BrF2N3O2S2. The highest BCUT2D eigenvalue weighted by molar-refractivity contribution is 9.10. The molecule has 27 heavy (non-hydrogen) atoms. The van der Waals surface area contributed by atoms with Crippen LogP contribution < -0.4 is 5.32 Å². The number of rotatable bonds is 3. The number of thiocarbonyl (C=S) groups is 1. The van der Waals surface area contributed by atoms with Crippen LogP contribution in [0.3, 0.4) is 0 Å². The molecule has 2 aromatic carbocycles. The van der Waals surface area contributed by atoms with E-state index in [2.05, 4.69) is 21.2 Å². The maximum absolute atomic E-state index is 13.7. The van der Waals surface area contributed by atoms with Crippen LogP contribution in [0.25, 0.3) is 0 Å². The first-order valence-corrected chi connectivity index (χ1v) is 10.7. The van der Waals surface area contributed by atoms with Crippen molar-refractivity contribution in [3.63, 3.8) is 0 Å². The number of sulfonamides is 1. The van der Waals surface area contributed by atoms with Gasteiger partial charge in [-0.1, -0.05) is 22.0 Å². The van der Waals surface area contributed by atoms with Gasteiger partial charge in [-0.25, -0.2) is 17.2 Å². The van der Waals surface area contributed by atoms with Crippen LogP contribution in [0.1, 0.15) is 0 Å². The van der Waals surface area contributed by atoms with Crippen molar-refractivity contribution >= 4 is 49.0 Å². The van der Waals surface area contributed by atoms with Gasteiger partial charge in [0.25, 0.3) is 0 Å². The monoisotopic (exact) mass is 475 g/mol. The molecule has 1 aliphatic rings. The fraction of sp³-hybridized carbons (Fsp3) is 0.235. The molecule has 2 aromatic rings. The van der Waals surface area contributed by atoms with Crippen molar-refractivity contribution in [1.82, 2.24) is 9.21 Å². The van der Waals surface area contributed by atoms with Crippen LogP contribution in [0.15, 0.2) is 51.8 Å². The number of halogens is 3. The van der Waals surface area contributed by atoms with Crippen molar-refractivity contribution in [2.75, 3.05) is 31.5 Å². The second kappa shape index (κ2) is 8.17. The number of nitrogens with one attached hydrogen (secondary N) is 1. The molecule has 144 valence electrons. The standard InChI is InChI=1S/C17H16BrF2N3O2S2/c18-12-2-1-3-14(10-12)27(24,25)23-8-6-22(7-9-23)17(26)21-16-5-4-13(19)11-15(16)20/h1-5,10-11H,6-9H2,(H,21,26). The molecule has 1 heterocycles. The lowest BCUT2D eigenvalue weighted by Gasteiger charge is -2.35. The lowest BCUT2D eigenvalue weighted by atomic mass is 10.3.